The maximum atomic E-state index is 6.06. The van der Waals surface area contributed by atoms with Gasteiger partial charge in [-0.3, -0.25) is 4.99 Å². The summed E-state index contributed by atoms with van der Waals surface area (Å²) in [6.45, 7) is 8.24. The van der Waals surface area contributed by atoms with E-state index >= 15 is 0 Å². The minimum absolute atomic E-state index is 0.265. The molecule has 0 saturated heterocycles. The summed E-state index contributed by atoms with van der Waals surface area (Å²) in [6, 6.07) is 1.97. The van der Waals surface area contributed by atoms with Crippen LogP contribution < -0.4 is 5.32 Å². The Morgan fingerprint density at radius 1 is 1.48 bits per heavy atom. The molecule has 0 aliphatic carbocycles. The van der Waals surface area contributed by atoms with Crippen molar-refractivity contribution < 1.29 is 4.52 Å². The summed E-state index contributed by atoms with van der Waals surface area (Å²) >= 11 is 6.06. The van der Waals surface area contributed by atoms with Gasteiger partial charge in [0, 0.05) is 44.9 Å². The van der Waals surface area contributed by atoms with Crippen LogP contribution in [0.3, 0.4) is 0 Å². The van der Waals surface area contributed by atoms with Gasteiger partial charge in [0.25, 0.3) is 0 Å². The van der Waals surface area contributed by atoms with E-state index < -0.39 is 0 Å². The fraction of sp³-hybridized carbons (Fsp3) is 0.588. The molecular formula is C17H27ClN6O. The highest BCUT2D eigenvalue weighted by Crippen LogP contribution is 2.14. The van der Waals surface area contributed by atoms with Crippen molar-refractivity contribution in [3.8, 4) is 0 Å². The van der Waals surface area contributed by atoms with E-state index in [0.29, 0.717) is 25.4 Å². The van der Waals surface area contributed by atoms with Gasteiger partial charge in [0.05, 0.1) is 18.1 Å². The third-order valence-electron chi connectivity index (χ3n) is 3.76. The molecule has 25 heavy (non-hydrogen) atoms. The van der Waals surface area contributed by atoms with E-state index in [-0.39, 0.29) is 5.92 Å². The molecule has 0 spiro atoms. The number of nitrogens with one attached hydrogen (secondary N) is 1. The summed E-state index contributed by atoms with van der Waals surface area (Å²) in [4.78, 5) is 11.1. The van der Waals surface area contributed by atoms with Gasteiger partial charge in [0.1, 0.15) is 0 Å². The number of halogens is 1. The summed E-state index contributed by atoms with van der Waals surface area (Å²) in [5.41, 5.74) is 1.12. The Hall–Kier alpha value is -2.02. The van der Waals surface area contributed by atoms with Crippen LogP contribution in [0.25, 0.3) is 0 Å². The van der Waals surface area contributed by atoms with Crippen molar-refractivity contribution in [2.75, 3.05) is 20.1 Å². The van der Waals surface area contributed by atoms with E-state index in [0.717, 1.165) is 29.0 Å². The molecule has 2 aromatic heterocycles. The largest absolute Gasteiger partial charge is 0.357 e. The second-order valence-electron chi connectivity index (χ2n) is 6.30. The van der Waals surface area contributed by atoms with Gasteiger partial charge in [-0.05, 0) is 13.0 Å². The van der Waals surface area contributed by atoms with E-state index in [1.54, 1.807) is 0 Å². The van der Waals surface area contributed by atoms with Crippen molar-refractivity contribution in [1.82, 2.24) is 24.9 Å². The number of aromatic nitrogens is 3. The molecule has 0 fully saturated rings. The molecule has 7 nitrogen and oxygen atoms in total. The summed E-state index contributed by atoms with van der Waals surface area (Å²) in [7, 11) is 3.99. The Labute approximate surface area is 154 Å². The number of aliphatic imine (C=N–C) groups is 1. The lowest BCUT2D eigenvalue weighted by Crippen LogP contribution is -2.39. The van der Waals surface area contributed by atoms with Crippen LogP contribution >= 0.6 is 11.6 Å². The monoisotopic (exact) mass is 366 g/mol. The molecule has 0 aliphatic heterocycles. The highest BCUT2D eigenvalue weighted by Gasteiger charge is 2.11. The number of aryl methyl sites for hydroxylation is 1. The topological polar surface area (TPSA) is 71.5 Å². The average molecular weight is 367 g/mol. The summed E-state index contributed by atoms with van der Waals surface area (Å²) in [6.07, 6.45) is 2.52. The lowest BCUT2D eigenvalue weighted by Gasteiger charge is -2.22. The van der Waals surface area contributed by atoms with Crippen LogP contribution in [0.2, 0.25) is 5.02 Å². The van der Waals surface area contributed by atoms with Gasteiger partial charge < -0.3 is 19.3 Å². The van der Waals surface area contributed by atoms with Gasteiger partial charge in [0.2, 0.25) is 5.89 Å². The lowest BCUT2D eigenvalue weighted by atomic mass is 10.2. The third-order valence-corrected chi connectivity index (χ3v) is 3.96. The molecule has 2 aromatic rings. The van der Waals surface area contributed by atoms with Gasteiger partial charge >= 0.3 is 0 Å². The average Bonchev–Trinajstić information content (AvgIpc) is 3.13. The van der Waals surface area contributed by atoms with Crippen molar-refractivity contribution in [1.29, 1.82) is 0 Å². The first-order chi connectivity index (χ1) is 11.9. The molecular weight excluding hydrogens is 340 g/mol. The normalized spacial score (nSPS) is 12.0. The molecule has 0 atom stereocenters. The number of nitrogens with zero attached hydrogens (tertiary/aromatic N) is 5. The highest BCUT2D eigenvalue weighted by atomic mass is 35.5. The zero-order valence-electron chi connectivity index (χ0n) is 15.6. The van der Waals surface area contributed by atoms with Gasteiger partial charge in [-0.2, -0.15) is 4.98 Å². The van der Waals surface area contributed by atoms with Gasteiger partial charge in [-0.1, -0.05) is 30.6 Å². The van der Waals surface area contributed by atoms with Crippen LogP contribution in [0.1, 0.15) is 44.1 Å². The molecule has 2 rings (SSSR count). The Bertz CT molecular complexity index is 706. The first-order valence-electron chi connectivity index (χ1n) is 8.53. The minimum Gasteiger partial charge on any atom is -0.357 e. The second-order valence-corrected chi connectivity index (χ2v) is 6.74. The Balaban J connectivity index is 1.97. The van der Waals surface area contributed by atoms with Crippen LogP contribution in [0.15, 0.2) is 21.8 Å². The van der Waals surface area contributed by atoms with E-state index in [2.05, 4.69) is 32.3 Å². The Kier molecular flexibility index (Phi) is 6.87. The minimum atomic E-state index is 0.265. The number of guanidine groups is 1. The molecule has 8 heteroatoms. The van der Waals surface area contributed by atoms with Crippen LogP contribution in [0.4, 0.5) is 0 Å². The Morgan fingerprint density at radius 3 is 2.80 bits per heavy atom. The molecule has 0 bridgehead atoms. The van der Waals surface area contributed by atoms with E-state index in [1.165, 1.54) is 0 Å². The molecule has 0 aliphatic rings. The van der Waals surface area contributed by atoms with Gasteiger partial charge in [-0.25, -0.2) is 0 Å². The van der Waals surface area contributed by atoms with E-state index in [1.807, 2.05) is 44.8 Å². The molecule has 0 amide bonds. The van der Waals surface area contributed by atoms with Crippen molar-refractivity contribution in [2.45, 2.75) is 39.7 Å². The summed E-state index contributed by atoms with van der Waals surface area (Å²) < 4.78 is 7.28. The standard InChI is InChI=1S/C17H27ClN6O/c1-6-19-17(24(5)11-14-9-13(18)10-23(14)4)20-8-7-15-21-16(12(2)3)22-25-15/h9-10,12H,6-8,11H2,1-5H3,(H,19,20). The molecule has 1 N–H and O–H groups in total. The van der Waals surface area contributed by atoms with Gasteiger partial charge in [0.15, 0.2) is 11.8 Å². The van der Waals surface area contributed by atoms with E-state index in [4.69, 9.17) is 16.1 Å². The zero-order chi connectivity index (χ0) is 18.4. The lowest BCUT2D eigenvalue weighted by molar-refractivity contribution is 0.372. The first kappa shape index (κ1) is 19.3. The summed E-state index contributed by atoms with van der Waals surface area (Å²) in [5, 5.41) is 8.02. The molecule has 0 radical (unpaired) electrons. The van der Waals surface area contributed by atoms with Crippen molar-refractivity contribution in [3.05, 3.63) is 34.7 Å². The molecule has 0 saturated carbocycles. The maximum absolute atomic E-state index is 6.06. The van der Waals surface area contributed by atoms with Crippen molar-refractivity contribution in [3.63, 3.8) is 0 Å². The first-order valence-corrected chi connectivity index (χ1v) is 8.91. The highest BCUT2D eigenvalue weighted by molar-refractivity contribution is 6.30. The van der Waals surface area contributed by atoms with Crippen LogP contribution in [0, 0.1) is 0 Å². The quantitative estimate of drug-likeness (QED) is 0.602. The van der Waals surface area contributed by atoms with Crippen molar-refractivity contribution in [2.24, 2.45) is 12.0 Å². The molecule has 138 valence electrons. The molecule has 0 unspecified atom stereocenters. The van der Waals surface area contributed by atoms with Gasteiger partial charge in [-0.15, -0.1) is 0 Å². The number of hydrogen-bond donors (Lipinski definition) is 1. The predicted octanol–water partition coefficient (Wildman–Crippen LogP) is 2.82. The zero-order valence-corrected chi connectivity index (χ0v) is 16.3. The number of rotatable bonds is 7. The maximum Gasteiger partial charge on any atom is 0.228 e. The van der Waals surface area contributed by atoms with Crippen LogP contribution in [0.5, 0.6) is 0 Å². The fourth-order valence-corrected chi connectivity index (χ4v) is 2.64. The SMILES string of the molecule is CCNC(=NCCc1nc(C(C)C)no1)N(C)Cc1cc(Cl)cn1C. The smallest absolute Gasteiger partial charge is 0.228 e. The van der Waals surface area contributed by atoms with Crippen molar-refractivity contribution >= 4 is 17.6 Å². The molecule has 0 aromatic carbocycles. The number of hydrogen-bond acceptors (Lipinski definition) is 4. The van der Waals surface area contributed by atoms with Crippen LogP contribution in [-0.2, 0) is 20.0 Å². The van der Waals surface area contributed by atoms with E-state index in [9.17, 15) is 0 Å². The second kappa shape index (κ2) is 8.89. The third kappa shape index (κ3) is 5.49. The Morgan fingerprint density at radius 2 is 2.24 bits per heavy atom. The summed E-state index contributed by atoms with van der Waals surface area (Å²) in [5.74, 6) is 2.47. The molecule has 2 heterocycles. The fourth-order valence-electron chi connectivity index (χ4n) is 2.37. The van der Waals surface area contributed by atoms with Crippen LogP contribution in [-0.4, -0.2) is 45.7 Å². The predicted molar refractivity (Wildman–Crippen MR) is 100.0 cm³/mol.